The molecule has 1 N–H and O–H groups in total. The van der Waals surface area contributed by atoms with Crippen molar-refractivity contribution < 1.29 is 14.7 Å². The second-order valence-corrected chi connectivity index (χ2v) is 6.60. The van der Waals surface area contributed by atoms with Crippen LogP contribution in [0, 0.1) is 0 Å². The minimum absolute atomic E-state index is 0.0661. The van der Waals surface area contributed by atoms with Crippen LogP contribution in [0.1, 0.15) is 13.8 Å². The highest BCUT2D eigenvalue weighted by Crippen LogP contribution is 2.30. The molecule has 2 aliphatic rings. The Morgan fingerprint density at radius 3 is 2.53 bits per heavy atom. The zero-order chi connectivity index (χ0) is 14.2. The van der Waals surface area contributed by atoms with E-state index in [2.05, 4.69) is 11.8 Å². The Labute approximate surface area is 117 Å². The fourth-order valence-corrected chi connectivity index (χ4v) is 3.67. The maximum Gasteiger partial charge on any atom is 0.327 e. The zero-order valence-electron chi connectivity index (χ0n) is 11.6. The smallest absolute Gasteiger partial charge is 0.327 e. The lowest BCUT2D eigenvalue weighted by Gasteiger charge is -2.40. The number of piperazine rings is 1. The molecule has 0 aromatic heterocycles. The summed E-state index contributed by atoms with van der Waals surface area (Å²) in [4.78, 5) is 29.3. The largest absolute Gasteiger partial charge is 0.480 e. The number of amides is 2. The lowest BCUT2D eigenvalue weighted by molar-refractivity contribution is -0.141. The van der Waals surface area contributed by atoms with Gasteiger partial charge in [-0.25, -0.2) is 9.59 Å². The molecule has 0 aliphatic carbocycles. The number of likely N-dealkylation sites (N-methyl/N-ethyl adjacent to an activating group) is 1. The number of hydrogen-bond donors (Lipinski definition) is 1. The number of aliphatic carboxylic acids is 1. The highest BCUT2D eigenvalue weighted by atomic mass is 32.2. The Morgan fingerprint density at radius 1 is 1.26 bits per heavy atom. The Morgan fingerprint density at radius 2 is 1.95 bits per heavy atom. The standard InChI is InChI=1S/C12H21N3O3S/c1-8-6-14(5-4-13(8)3)12(18)15-9(2)19-7-10(15)11(16)17/h8-10H,4-7H2,1-3H3,(H,16,17). The normalized spacial score (nSPS) is 32.7. The van der Waals surface area contributed by atoms with Gasteiger partial charge in [0.2, 0.25) is 0 Å². The summed E-state index contributed by atoms with van der Waals surface area (Å²) in [5.74, 6) is -0.432. The van der Waals surface area contributed by atoms with Gasteiger partial charge in [-0.1, -0.05) is 0 Å². The molecular weight excluding hydrogens is 266 g/mol. The summed E-state index contributed by atoms with van der Waals surface area (Å²) < 4.78 is 0. The molecule has 19 heavy (non-hydrogen) atoms. The molecule has 7 heteroatoms. The van der Waals surface area contributed by atoms with Crippen molar-refractivity contribution in [2.24, 2.45) is 0 Å². The van der Waals surface area contributed by atoms with E-state index in [1.807, 2.05) is 14.0 Å². The summed E-state index contributed by atoms with van der Waals surface area (Å²) >= 11 is 1.52. The first kappa shape index (κ1) is 14.5. The topological polar surface area (TPSA) is 64.1 Å². The van der Waals surface area contributed by atoms with Crippen molar-refractivity contribution in [3.8, 4) is 0 Å². The Bertz CT molecular complexity index is 379. The average Bonchev–Trinajstić information content (AvgIpc) is 2.74. The van der Waals surface area contributed by atoms with E-state index >= 15 is 0 Å². The lowest BCUT2D eigenvalue weighted by atomic mass is 10.2. The van der Waals surface area contributed by atoms with Crippen LogP contribution in [0.25, 0.3) is 0 Å². The van der Waals surface area contributed by atoms with Gasteiger partial charge in [0.05, 0.1) is 5.37 Å². The van der Waals surface area contributed by atoms with Gasteiger partial charge in [0, 0.05) is 31.4 Å². The van der Waals surface area contributed by atoms with Crippen molar-refractivity contribution in [1.29, 1.82) is 0 Å². The molecule has 2 fully saturated rings. The van der Waals surface area contributed by atoms with E-state index in [4.69, 9.17) is 0 Å². The van der Waals surface area contributed by atoms with E-state index in [0.29, 0.717) is 24.9 Å². The predicted octanol–water partition coefficient (Wildman–Crippen LogP) is 0.590. The van der Waals surface area contributed by atoms with E-state index in [0.717, 1.165) is 6.54 Å². The van der Waals surface area contributed by atoms with Gasteiger partial charge in [-0.2, -0.15) is 0 Å². The molecule has 0 aromatic carbocycles. The first-order valence-electron chi connectivity index (χ1n) is 6.53. The molecule has 108 valence electrons. The van der Waals surface area contributed by atoms with Crippen molar-refractivity contribution in [2.75, 3.05) is 32.4 Å². The van der Waals surface area contributed by atoms with Crippen LogP contribution in [0.4, 0.5) is 4.79 Å². The molecular formula is C12H21N3O3S. The molecule has 0 saturated carbocycles. The van der Waals surface area contributed by atoms with Gasteiger partial charge in [0.1, 0.15) is 6.04 Å². The molecule has 2 heterocycles. The number of carbonyl (C=O) groups excluding carboxylic acids is 1. The van der Waals surface area contributed by atoms with E-state index in [9.17, 15) is 14.7 Å². The van der Waals surface area contributed by atoms with E-state index in [1.54, 1.807) is 4.90 Å². The van der Waals surface area contributed by atoms with Crippen molar-refractivity contribution in [3.63, 3.8) is 0 Å². The number of carboxylic acid groups (broad SMARTS) is 1. The molecule has 6 nitrogen and oxygen atoms in total. The summed E-state index contributed by atoms with van der Waals surface area (Å²) in [5.41, 5.74) is 0. The molecule has 0 bridgehead atoms. The third-order valence-corrected chi connectivity index (χ3v) is 5.18. The first-order valence-corrected chi connectivity index (χ1v) is 7.58. The Balaban J connectivity index is 2.08. The summed E-state index contributed by atoms with van der Waals surface area (Å²) in [6, 6.07) is -0.515. The van der Waals surface area contributed by atoms with E-state index in [-0.39, 0.29) is 11.4 Å². The highest BCUT2D eigenvalue weighted by molar-refractivity contribution is 8.00. The summed E-state index contributed by atoms with van der Waals surface area (Å²) in [7, 11) is 2.04. The van der Waals surface area contributed by atoms with Gasteiger partial charge < -0.3 is 14.9 Å². The van der Waals surface area contributed by atoms with Crippen molar-refractivity contribution >= 4 is 23.8 Å². The number of carbonyl (C=O) groups is 2. The van der Waals surface area contributed by atoms with Gasteiger partial charge in [-0.05, 0) is 20.9 Å². The van der Waals surface area contributed by atoms with Crippen LogP contribution in [0.5, 0.6) is 0 Å². The maximum atomic E-state index is 12.5. The second-order valence-electron chi connectivity index (χ2n) is 5.25. The van der Waals surface area contributed by atoms with Crippen LogP contribution in [-0.2, 0) is 4.79 Å². The minimum Gasteiger partial charge on any atom is -0.480 e. The molecule has 2 aliphatic heterocycles. The molecule has 0 radical (unpaired) electrons. The average molecular weight is 287 g/mol. The van der Waals surface area contributed by atoms with Crippen molar-refractivity contribution in [3.05, 3.63) is 0 Å². The fraction of sp³-hybridized carbons (Fsp3) is 0.833. The Hall–Kier alpha value is -0.950. The van der Waals surface area contributed by atoms with Gasteiger partial charge in [0.15, 0.2) is 0 Å². The molecule has 2 amide bonds. The Kier molecular flexibility index (Phi) is 4.25. The third kappa shape index (κ3) is 2.81. The summed E-state index contributed by atoms with van der Waals surface area (Å²) in [6.07, 6.45) is 0. The number of thioether (sulfide) groups is 1. The van der Waals surface area contributed by atoms with Gasteiger partial charge in [-0.15, -0.1) is 11.8 Å². The molecule has 2 rings (SSSR count). The maximum absolute atomic E-state index is 12.5. The SMILES string of the molecule is CC1CN(C(=O)N2C(C)SCC2C(=O)O)CCN1C. The van der Waals surface area contributed by atoms with Crippen LogP contribution in [0.3, 0.4) is 0 Å². The monoisotopic (exact) mass is 287 g/mol. The van der Waals surface area contributed by atoms with Crippen LogP contribution in [-0.4, -0.2) is 81.7 Å². The fourth-order valence-electron chi connectivity index (χ4n) is 2.51. The predicted molar refractivity (Wildman–Crippen MR) is 74.2 cm³/mol. The van der Waals surface area contributed by atoms with Crippen LogP contribution >= 0.6 is 11.8 Å². The number of nitrogens with zero attached hydrogens (tertiary/aromatic N) is 3. The van der Waals surface area contributed by atoms with Crippen molar-refractivity contribution in [2.45, 2.75) is 31.3 Å². The third-order valence-electron chi connectivity index (χ3n) is 3.96. The van der Waals surface area contributed by atoms with Gasteiger partial charge >= 0.3 is 12.0 Å². The van der Waals surface area contributed by atoms with E-state index < -0.39 is 12.0 Å². The molecule has 3 atom stereocenters. The number of rotatable bonds is 1. The second kappa shape index (κ2) is 5.58. The number of hydrogen-bond acceptors (Lipinski definition) is 4. The number of carboxylic acids is 1. The summed E-state index contributed by atoms with van der Waals surface area (Å²) in [5, 5.41) is 9.14. The molecule has 0 aromatic rings. The minimum atomic E-state index is -0.910. The number of urea groups is 1. The lowest BCUT2D eigenvalue weighted by Crippen LogP contribution is -2.58. The van der Waals surface area contributed by atoms with E-state index in [1.165, 1.54) is 16.7 Å². The summed E-state index contributed by atoms with van der Waals surface area (Å²) in [6.45, 7) is 6.14. The molecule has 2 saturated heterocycles. The van der Waals surface area contributed by atoms with Crippen LogP contribution in [0.2, 0.25) is 0 Å². The quantitative estimate of drug-likeness (QED) is 0.765. The van der Waals surface area contributed by atoms with Crippen LogP contribution in [0.15, 0.2) is 0 Å². The van der Waals surface area contributed by atoms with Crippen molar-refractivity contribution in [1.82, 2.24) is 14.7 Å². The first-order chi connectivity index (χ1) is 8.91. The van der Waals surface area contributed by atoms with Crippen LogP contribution < -0.4 is 0 Å². The van der Waals surface area contributed by atoms with Gasteiger partial charge in [-0.3, -0.25) is 4.90 Å². The van der Waals surface area contributed by atoms with Gasteiger partial charge in [0.25, 0.3) is 0 Å². The highest BCUT2D eigenvalue weighted by Gasteiger charge is 2.42. The molecule has 0 spiro atoms. The molecule has 3 unspecified atom stereocenters. The zero-order valence-corrected chi connectivity index (χ0v) is 12.4.